The average molecular weight is 149 g/mol. The molecule has 1 nitrogen and oxygen atoms in total. The molecule has 0 radical (unpaired) electrons. The van der Waals surface area contributed by atoms with Crippen molar-refractivity contribution in [1.29, 1.82) is 0 Å². The molecule has 0 saturated carbocycles. The van der Waals surface area contributed by atoms with E-state index in [0.717, 1.165) is 26.4 Å². The van der Waals surface area contributed by atoms with Gasteiger partial charge in [-0.1, -0.05) is 0 Å². The zero-order chi connectivity index (χ0) is 7.61. The first-order valence-electron chi connectivity index (χ1n) is 3.66. The van der Waals surface area contributed by atoms with Crippen LogP contribution in [0.5, 0.6) is 0 Å². The minimum absolute atomic E-state index is 0.0417. The highest BCUT2D eigenvalue weighted by Crippen LogP contribution is 2.25. The molecule has 0 spiro atoms. The number of halogens is 2. The van der Waals surface area contributed by atoms with Crippen molar-refractivity contribution in [2.24, 2.45) is 5.92 Å². The lowest BCUT2D eigenvalue weighted by molar-refractivity contribution is -0.00107. The highest BCUT2D eigenvalue weighted by atomic mass is 19.3. The fourth-order valence-electron chi connectivity index (χ4n) is 1.40. The van der Waals surface area contributed by atoms with Gasteiger partial charge in [0, 0.05) is 6.42 Å². The summed E-state index contributed by atoms with van der Waals surface area (Å²) in [4.78, 5) is 0. The minimum atomic E-state index is -2.48. The molecule has 1 unspecified atom stereocenters. The molecule has 0 bridgehead atoms. The Labute approximate surface area is 59.8 Å². The molecule has 0 amide bonds. The van der Waals surface area contributed by atoms with Crippen LogP contribution in [0.4, 0.5) is 8.78 Å². The topological polar surface area (TPSA) is 12.0 Å². The smallest absolute Gasteiger partial charge is 0.245 e. The lowest BCUT2D eigenvalue weighted by atomic mass is 10.0. The SMILES string of the molecule is CC(F)(F)CC1CCNC1. The van der Waals surface area contributed by atoms with Crippen LogP contribution < -0.4 is 5.32 Å². The summed E-state index contributed by atoms with van der Waals surface area (Å²) in [7, 11) is 0. The van der Waals surface area contributed by atoms with Crippen LogP contribution in [0.15, 0.2) is 0 Å². The number of hydrogen-bond donors (Lipinski definition) is 1. The van der Waals surface area contributed by atoms with Gasteiger partial charge in [-0.3, -0.25) is 0 Å². The minimum Gasteiger partial charge on any atom is -0.316 e. The number of nitrogens with one attached hydrogen (secondary N) is 1. The second-order valence-electron chi connectivity index (χ2n) is 3.13. The Bertz CT molecular complexity index is 103. The Hall–Kier alpha value is -0.180. The molecule has 0 aromatic heterocycles. The molecular weight excluding hydrogens is 136 g/mol. The van der Waals surface area contributed by atoms with Crippen LogP contribution in [-0.2, 0) is 0 Å². The van der Waals surface area contributed by atoms with Crippen LogP contribution in [0.1, 0.15) is 19.8 Å². The van der Waals surface area contributed by atoms with E-state index in [2.05, 4.69) is 5.32 Å². The highest BCUT2D eigenvalue weighted by Gasteiger charge is 2.28. The summed E-state index contributed by atoms with van der Waals surface area (Å²) >= 11 is 0. The van der Waals surface area contributed by atoms with E-state index in [1.54, 1.807) is 0 Å². The second-order valence-corrected chi connectivity index (χ2v) is 3.13. The fourth-order valence-corrected chi connectivity index (χ4v) is 1.40. The van der Waals surface area contributed by atoms with Crippen molar-refractivity contribution in [1.82, 2.24) is 5.32 Å². The lowest BCUT2D eigenvalue weighted by Gasteiger charge is -2.13. The molecule has 3 heteroatoms. The number of alkyl halides is 2. The summed E-state index contributed by atoms with van der Waals surface area (Å²) in [6, 6.07) is 0. The van der Waals surface area contributed by atoms with Gasteiger partial charge in [0.2, 0.25) is 5.92 Å². The molecule has 0 aliphatic carbocycles. The van der Waals surface area contributed by atoms with Crippen molar-refractivity contribution in [2.45, 2.75) is 25.7 Å². The van der Waals surface area contributed by atoms with E-state index < -0.39 is 5.92 Å². The molecule has 1 heterocycles. The molecule has 1 N–H and O–H groups in total. The molecule has 1 atom stereocenters. The third-order valence-electron chi connectivity index (χ3n) is 1.81. The van der Waals surface area contributed by atoms with Crippen molar-refractivity contribution in [3.05, 3.63) is 0 Å². The summed E-state index contributed by atoms with van der Waals surface area (Å²) < 4.78 is 24.7. The van der Waals surface area contributed by atoms with E-state index in [4.69, 9.17) is 0 Å². The van der Waals surface area contributed by atoms with Crippen LogP contribution in [-0.4, -0.2) is 19.0 Å². The predicted octanol–water partition coefficient (Wildman–Crippen LogP) is 1.64. The van der Waals surface area contributed by atoms with Gasteiger partial charge in [-0.15, -0.1) is 0 Å². The Morgan fingerprint density at radius 3 is 2.70 bits per heavy atom. The van der Waals surface area contributed by atoms with Crippen molar-refractivity contribution >= 4 is 0 Å². The monoisotopic (exact) mass is 149 g/mol. The molecular formula is C7H13F2N. The van der Waals surface area contributed by atoms with E-state index in [0.29, 0.717) is 0 Å². The summed E-state index contributed by atoms with van der Waals surface area (Å²) in [5, 5.41) is 3.06. The van der Waals surface area contributed by atoms with Crippen LogP contribution in [0, 0.1) is 5.92 Å². The molecule has 10 heavy (non-hydrogen) atoms. The zero-order valence-electron chi connectivity index (χ0n) is 6.16. The first-order valence-corrected chi connectivity index (χ1v) is 3.66. The first kappa shape index (κ1) is 7.92. The summed E-state index contributed by atoms with van der Waals surface area (Å²) in [6.45, 7) is 2.66. The molecule has 1 rings (SSSR count). The van der Waals surface area contributed by atoms with Crippen molar-refractivity contribution < 1.29 is 8.78 Å². The van der Waals surface area contributed by atoms with Gasteiger partial charge in [-0.05, 0) is 32.4 Å². The van der Waals surface area contributed by atoms with Gasteiger partial charge in [0.25, 0.3) is 0 Å². The van der Waals surface area contributed by atoms with Gasteiger partial charge in [0.15, 0.2) is 0 Å². The van der Waals surface area contributed by atoms with Crippen LogP contribution in [0.25, 0.3) is 0 Å². The average Bonchev–Trinajstić information content (AvgIpc) is 2.12. The van der Waals surface area contributed by atoms with Gasteiger partial charge in [-0.25, -0.2) is 8.78 Å². The second kappa shape index (κ2) is 2.82. The third-order valence-corrected chi connectivity index (χ3v) is 1.81. The Morgan fingerprint density at radius 2 is 2.30 bits per heavy atom. The van der Waals surface area contributed by atoms with Gasteiger partial charge < -0.3 is 5.32 Å². The maximum atomic E-state index is 12.3. The van der Waals surface area contributed by atoms with Crippen molar-refractivity contribution in [3.63, 3.8) is 0 Å². The molecule has 0 aromatic rings. The molecule has 1 fully saturated rings. The van der Waals surface area contributed by atoms with Gasteiger partial charge in [0.05, 0.1) is 0 Å². The molecule has 1 aliphatic heterocycles. The Morgan fingerprint density at radius 1 is 1.60 bits per heavy atom. The maximum Gasteiger partial charge on any atom is 0.245 e. The molecule has 1 aliphatic rings. The molecule has 60 valence electrons. The van der Waals surface area contributed by atoms with Gasteiger partial charge in [-0.2, -0.15) is 0 Å². The van der Waals surface area contributed by atoms with Crippen molar-refractivity contribution in [2.75, 3.05) is 13.1 Å². The Kier molecular flexibility index (Phi) is 2.24. The standard InChI is InChI=1S/C7H13F2N/c1-7(8,9)4-6-2-3-10-5-6/h6,10H,2-5H2,1H3. The Balaban J connectivity index is 2.24. The van der Waals surface area contributed by atoms with Crippen LogP contribution in [0.3, 0.4) is 0 Å². The van der Waals surface area contributed by atoms with E-state index in [9.17, 15) is 8.78 Å². The van der Waals surface area contributed by atoms with E-state index in [1.807, 2.05) is 0 Å². The predicted molar refractivity (Wildman–Crippen MR) is 36.2 cm³/mol. The fraction of sp³-hybridized carbons (Fsp3) is 1.00. The molecule has 1 saturated heterocycles. The normalized spacial score (nSPS) is 27.3. The number of hydrogen-bond acceptors (Lipinski definition) is 1. The van der Waals surface area contributed by atoms with E-state index >= 15 is 0 Å². The summed E-state index contributed by atoms with van der Waals surface area (Å²) in [5.74, 6) is -2.28. The quantitative estimate of drug-likeness (QED) is 0.629. The van der Waals surface area contributed by atoms with Crippen LogP contribution in [0.2, 0.25) is 0 Å². The van der Waals surface area contributed by atoms with Crippen LogP contribution >= 0.6 is 0 Å². The summed E-state index contributed by atoms with van der Waals surface area (Å²) in [5.41, 5.74) is 0. The largest absolute Gasteiger partial charge is 0.316 e. The van der Waals surface area contributed by atoms with Gasteiger partial charge >= 0.3 is 0 Å². The zero-order valence-corrected chi connectivity index (χ0v) is 6.16. The van der Waals surface area contributed by atoms with E-state index in [1.165, 1.54) is 0 Å². The van der Waals surface area contributed by atoms with Crippen molar-refractivity contribution in [3.8, 4) is 0 Å². The lowest BCUT2D eigenvalue weighted by Crippen LogP contribution is -2.18. The third kappa shape index (κ3) is 2.60. The maximum absolute atomic E-state index is 12.3. The summed E-state index contributed by atoms with van der Waals surface area (Å²) in [6.07, 6.45) is 0.948. The van der Waals surface area contributed by atoms with E-state index in [-0.39, 0.29) is 12.3 Å². The molecule has 0 aromatic carbocycles. The number of rotatable bonds is 2. The first-order chi connectivity index (χ1) is 4.58. The highest BCUT2D eigenvalue weighted by molar-refractivity contribution is 4.75. The van der Waals surface area contributed by atoms with Gasteiger partial charge in [0.1, 0.15) is 0 Å².